The number of aromatic amines is 1. The van der Waals surface area contributed by atoms with Gasteiger partial charge in [0.2, 0.25) is 0 Å². The standard InChI is InChI=1S/C12H18N2O5.C2H7N/c1-3-4-7-8(15)9(16)11(19-7)14-5-6(2)10(17)13-12(14)18;1-2-3/h5,7-9,11,15-16H,3-4H2,1-2H3,(H,13,17,18);2-3H2,1H3. The van der Waals surface area contributed by atoms with Crippen LogP contribution in [0.5, 0.6) is 0 Å². The Morgan fingerprint density at radius 1 is 1.32 bits per heavy atom. The van der Waals surface area contributed by atoms with Gasteiger partial charge in [0.15, 0.2) is 6.23 Å². The van der Waals surface area contributed by atoms with Gasteiger partial charge in [-0.05, 0) is 19.9 Å². The average Bonchev–Trinajstić information content (AvgIpc) is 2.73. The van der Waals surface area contributed by atoms with Crippen molar-refractivity contribution in [2.75, 3.05) is 6.54 Å². The predicted octanol–water partition coefficient (Wildman–Crippen LogP) is -0.771. The molecular weight excluding hydrogens is 290 g/mol. The zero-order valence-corrected chi connectivity index (χ0v) is 13.2. The smallest absolute Gasteiger partial charge is 0.330 e. The largest absolute Gasteiger partial charge is 0.388 e. The number of H-pyrrole nitrogens is 1. The number of nitrogens with one attached hydrogen (secondary N) is 1. The zero-order chi connectivity index (χ0) is 16.9. The molecular formula is C14H25N3O5. The van der Waals surface area contributed by atoms with Gasteiger partial charge in [-0.15, -0.1) is 0 Å². The molecule has 5 N–H and O–H groups in total. The van der Waals surface area contributed by atoms with Gasteiger partial charge in [-0.1, -0.05) is 20.3 Å². The number of aromatic nitrogens is 2. The summed E-state index contributed by atoms with van der Waals surface area (Å²) in [7, 11) is 0. The molecule has 0 bridgehead atoms. The van der Waals surface area contributed by atoms with Crippen molar-refractivity contribution in [3.8, 4) is 0 Å². The fraction of sp³-hybridized carbons (Fsp3) is 0.714. The third-order valence-corrected chi connectivity index (χ3v) is 3.33. The van der Waals surface area contributed by atoms with E-state index < -0.39 is 35.8 Å². The summed E-state index contributed by atoms with van der Waals surface area (Å²) in [5.74, 6) is 0. The fourth-order valence-electron chi connectivity index (χ4n) is 2.26. The third kappa shape index (κ3) is 4.04. The lowest BCUT2D eigenvalue weighted by Gasteiger charge is -2.17. The lowest BCUT2D eigenvalue weighted by Crippen LogP contribution is -2.38. The summed E-state index contributed by atoms with van der Waals surface area (Å²) in [5.41, 5.74) is 4.05. The summed E-state index contributed by atoms with van der Waals surface area (Å²) in [6, 6.07) is 0. The molecule has 0 aromatic carbocycles. The van der Waals surface area contributed by atoms with Gasteiger partial charge in [0.05, 0.1) is 6.10 Å². The van der Waals surface area contributed by atoms with Gasteiger partial charge in [-0.25, -0.2) is 4.79 Å². The Kier molecular flexibility index (Phi) is 6.95. The highest BCUT2D eigenvalue weighted by atomic mass is 16.6. The molecule has 0 spiro atoms. The highest BCUT2D eigenvalue weighted by Crippen LogP contribution is 2.30. The molecule has 1 aromatic heterocycles. The highest BCUT2D eigenvalue weighted by molar-refractivity contribution is 5.03. The molecule has 1 aliphatic heterocycles. The molecule has 4 atom stereocenters. The van der Waals surface area contributed by atoms with Crippen LogP contribution in [0, 0.1) is 6.92 Å². The molecule has 1 fully saturated rings. The Balaban J connectivity index is 0.000000745. The molecule has 22 heavy (non-hydrogen) atoms. The Morgan fingerprint density at radius 3 is 2.45 bits per heavy atom. The summed E-state index contributed by atoms with van der Waals surface area (Å²) in [6.45, 7) is 6.14. The highest BCUT2D eigenvalue weighted by Gasteiger charge is 2.43. The van der Waals surface area contributed by atoms with Gasteiger partial charge in [0.25, 0.3) is 5.56 Å². The molecule has 0 aliphatic carbocycles. The van der Waals surface area contributed by atoms with E-state index >= 15 is 0 Å². The van der Waals surface area contributed by atoms with E-state index in [4.69, 9.17) is 10.5 Å². The molecule has 1 aliphatic rings. The quantitative estimate of drug-likeness (QED) is 0.579. The summed E-state index contributed by atoms with van der Waals surface area (Å²) in [5, 5.41) is 19.8. The molecule has 0 amide bonds. The normalized spacial score (nSPS) is 27.4. The number of aliphatic hydroxyl groups is 2. The first-order chi connectivity index (χ1) is 10.4. The van der Waals surface area contributed by atoms with E-state index in [9.17, 15) is 19.8 Å². The van der Waals surface area contributed by atoms with E-state index in [0.717, 1.165) is 17.5 Å². The van der Waals surface area contributed by atoms with Gasteiger partial charge in [0, 0.05) is 11.8 Å². The summed E-state index contributed by atoms with van der Waals surface area (Å²) < 4.78 is 6.64. The molecule has 1 aromatic rings. The van der Waals surface area contributed by atoms with Crippen LogP contribution in [0.15, 0.2) is 15.8 Å². The van der Waals surface area contributed by atoms with Crippen molar-refractivity contribution in [2.45, 2.75) is 58.2 Å². The van der Waals surface area contributed by atoms with Gasteiger partial charge in [-0.2, -0.15) is 0 Å². The van der Waals surface area contributed by atoms with E-state index in [0.29, 0.717) is 12.0 Å². The molecule has 126 valence electrons. The Morgan fingerprint density at radius 2 is 1.91 bits per heavy atom. The SMILES string of the molecule is CCCC1OC(n2cc(C)c(=O)[nH]c2=O)C(O)C1O.CCN. The van der Waals surface area contributed by atoms with Gasteiger partial charge in [-0.3, -0.25) is 14.3 Å². The monoisotopic (exact) mass is 315 g/mol. The number of hydrogen-bond acceptors (Lipinski definition) is 6. The minimum Gasteiger partial charge on any atom is -0.388 e. The lowest BCUT2D eigenvalue weighted by atomic mass is 10.1. The van der Waals surface area contributed by atoms with Crippen LogP contribution in [0.2, 0.25) is 0 Å². The third-order valence-electron chi connectivity index (χ3n) is 3.33. The second-order valence-corrected chi connectivity index (χ2v) is 5.22. The molecule has 0 radical (unpaired) electrons. The second kappa shape index (κ2) is 8.23. The maximum atomic E-state index is 11.7. The number of aryl methyl sites for hydroxylation is 1. The maximum Gasteiger partial charge on any atom is 0.330 e. The molecule has 8 nitrogen and oxygen atoms in total. The van der Waals surface area contributed by atoms with Gasteiger partial charge in [0.1, 0.15) is 12.2 Å². The molecule has 4 unspecified atom stereocenters. The minimum atomic E-state index is -1.19. The topological polar surface area (TPSA) is 131 Å². The first-order valence-corrected chi connectivity index (χ1v) is 7.41. The Bertz CT molecular complexity index is 583. The van der Waals surface area contributed by atoms with Crippen molar-refractivity contribution in [3.05, 3.63) is 32.6 Å². The Labute approximate surface area is 128 Å². The maximum absolute atomic E-state index is 11.7. The lowest BCUT2D eigenvalue weighted by molar-refractivity contribution is -0.0419. The van der Waals surface area contributed by atoms with Crippen LogP contribution in [0.1, 0.15) is 38.5 Å². The average molecular weight is 315 g/mol. The molecule has 2 heterocycles. The van der Waals surface area contributed by atoms with Crippen LogP contribution < -0.4 is 17.0 Å². The molecule has 8 heteroatoms. The molecule has 0 saturated carbocycles. The predicted molar refractivity (Wildman–Crippen MR) is 81.6 cm³/mol. The molecule has 1 saturated heterocycles. The number of ether oxygens (including phenoxy) is 1. The van der Waals surface area contributed by atoms with Crippen LogP contribution in [0.4, 0.5) is 0 Å². The van der Waals surface area contributed by atoms with Crippen LogP contribution >= 0.6 is 0 Å². The van der Waals surface area contributed by atoms with Crippen molar-refractivity contribution >= 4 is 0 Å². The zero-order valence-electron chi connectivity index (χ0n) is 13.2. The van der Waals surface area contributed by atoms with Gasteiger partial charge < -0.3 is 20.7 Å². The Hall–Kier alpha value is -1.48. The first-order valence-electron chi connectivity index (χ1n) is 7.41. The first kappa shape index (κ1) is 18.6. The minimum absolute atomic E-state index is 0.337. The second-order valence-electron chi connectivity index (χ2n) is 5.22. The van der Waals surface area contributed by atoms with E-state index in [1.807, 2.05) is 13.8 Å². The number of nitrogens with two attached hydrogens (primary N) is 1. The van der Waals surface area contributed by atoms with Crippen molar-refractivity contribution in [1.82, 2.24) is 9.55 Å². The van der Waals surface area contributed by atoms with Crippen molar-refractivity contribution in [2.24, 2.45) is 5.73 Å². The number of aliphatic hydroxyl groups excluding tert-OH is 2. The van der Waals surface area contributed by atoms with E-state index in [2.05, 4.69) is 4.98 Å². The van der Waals surface area contributed by atoms with Crippen LogP contribution in [-0.4, -0.2) is 44.6 Å². The summed E-state index contributed by atoms with van der Waals surface area (Å²) in [6.07, 6.45) is -1.01. The van der Waals surface area contributed by atoms with Gasteiger partial charge >= 0.3 is 5.69 Å². The van der Waals surface area contributed by atoms with Crippen molar-refractivity contribution in [1.29, 1.82) is 0 Å². The summed E-state index contributed by atoms with van der Waals surface area (Å²) >= 11 is 0. The van der Waals surface area contributed by atoms with Crippen LogP contribution in [0.3, 0.4) is 0 Å². The summed E-state index contributed by atoms with van der Waals surface area (Å²) in [4.78, 5) is 25.2. The van der Waals surface area contributed by atoms with Crippen molar-refractivity contribution in [3.63, 3.8) is 0 Å². The number of nitrogens with zero attached hydrogens (tertiary/aromatic N) is 1. The van der Waals surface area contributed by atoms with E-state index in [1.54, 1.807) is 6.92 Å². The van der Waals surface area contributed by atoms with Crippen molar-refractivity contribution < 1.29 is 14.9 Å². The number of rotatable bonds is 3. The van der Waals surface area contributed by atoms with Crippen LogP contribution in [0.25, 0.3) is 0 Å². The van der Waals surface area contributed by atoms with Crippen LogP contribution in [-0.2, 0) is 4.74 Å². The van der Waals surface area contributed by atoms with E-state index in [-0.39, 0.29) is 0 Å². The molecule has 2 rings (SSSR count). The number of hydrogen-bond donors (Lipinski definition) is 4. The fourth-order valence-corrected chi connectivity index (χ4v) is 2.26. The van der Waals surface area contributed by atoms with E-state index in [1.165, 1.54) is 6.20 Å².